The number of rotatable bonds is 0. The van der Waals surface area contributed by atoms with E-state index in [1.54, 1.807) is 0 Å². The molecule has 0 amide bonds. The van der Waals surface area contributed by atoms with E-state index >= 15 is 0 Å². The molecule has 6 aromatic carbocycles. The zero-order chi connectivity index (χ0) is 34.7. The van der Waals surface area contributed by atoms with Crippen LogP contribution in [0.5, 0.6) is 23.0 Å². The Balaban J connectivity index is 1.01. The van der Waals surface area contributed by atoms with Crippen molar-refractivity contribution < 1.29 is 28.4 Å². The van der Waals surface area contributed by atoms with Crippen LogP contribution in [0.2, 0.25) is 0 Å². The van der Waals surface area contributed by atoms with E-state index in [2.05, 4.69) is 109 Å². The van der Waals surface area contributed by atoms with E-state index < -0.39 is 0 Å². The number of hydrogen-bond acceptors (Lipinski definition) is 6. The van der Waals surface area contributed by atoms with Gasteiger partial charge in [-0.2, -0.15) is 0 Å². The largest absolute Gasteiger partial charge is 0.491 e. The molecule has 1 aliphatic heterocycles. The molecule has 6 heteroatoms. The van der Waals surface area contributed by atoms with Gasteiger partial charge in [0.2, 0.25) is 0 Å². The van der Waals surface area contributed by atoms with Crippen LogP contribution in [-0.2, 0) is 22.3 Å². The van der Waals surface area contributed by atoms with E-state index in [-0.39, 0.29) is 0 Å². The molecule has 0 radical (unpaired) electrons. The van der Waals surface area contributed by atoms with Crippen molar-refractivity contribution in [3.8, 4) is 34.1 Å². The topological polar surface area (TPSA) is 55.4 Å². The Labute approximate surface area is 304 Å². The number of hydrogen-bond donors (Lipinski definition) is 0. The molecule has 0 saturated carbocycles. The molecule has 0 spiro atoms. The monoisotopic (exact) mass is 690 g/mol. The van der Waals surface area contributed by atoms with E-state index in [4.69, 9.17) is 28.4 Å². The third-order valence-corrected chi connectivity index (χ3v) is 10.5. The highest BCUT2D eigenvalue weighted by molar-refractivity contribution is 6.09. The smallest absolute Gasteiger partial charge is 0.128 e. The highest BCUT2D eigenvalue weighted by Gasteiger charge is 2.26. The van der Waals surface area contributed by atoms with Gasteiger partial charge in [-0.25, -0.2) is 0 Å². The summed E-state index contributed by atoms with van der Waals surface area (Å²) in [7, 11) is 0. The van der Waals surface area contributed by atoms with Crippen LogP contribution >= 0.6 is 0 Å². The first-order chi connectivity index (χ1) is 25.8. The second kappa shape index (κ2) is 14.7. The first kappa shape index (κ1) is 32.6. The predicted molar refractivity (Wildman–Crippen MR) is 207 cm³/mol. The second-order valence-corrected chi connectivity index (χ2v) is 13.5. The van der Waals surface area contributed by atoms with Gasteiger partial charge in [-0.15, -0.1) is 0 Å². The lowest BCUT2D eigenvalue weighted by molar-refractivity contribution is 0.0762. The van der Waals surface area contributed by atoms with Crippen LogP contribution in [0, 0.1) is 0 Å². The molecule has 0 N–H and O–H groups in total. The summed E-state index contributed by atoms with van der Waals surface area (Å²) in [6, 6.07) is 38.3. The van der Waals surface area contributed by atoms with Crippen LogP contribution in [0.4, 0.5) is 0 Å². The van der Waals surface area contributed by atoms with E-state index in [9.17, 15) is 0 Å². The maximum absolute atomic E-state index is 6.51. The average molecular weight is 691 g/mol. The minimum atomic E-state index is 0.404. The van der Waals surface area contributed by atoms with E-state index in [1.807, 2.05) is 0 Å². The highest BCUT2D eigenvalue weighted by Crippen LogP contribution is 2.47. The molecule has 262 valence electrons. The fourth-order valence-electron chi connectivity index (χ4n) is 8.03. The standard InChI is InChI=1S/C46H42O6/c1-3-7-37-31(5-1)13-19-43-45(37)46-38-8-4-2-6-32(38)14-20-44(46)52-28-24-48-22-26-50-36-16-10-34-12-18-40(42(34)30-36)39-17-11-33-9-15-35(29-41(33)39)49-25-21-47-23-27-51-43/h1-10,13-16,19-20,29-30H,11-12,17-18,21-28H2/b40-39-. The molecule has 0 aromatic heterocycles. The summed E-state index contributed by atoms with van der Waals surface area (Å²) in [6.07, 6.45) is 4.23. The fourth-order valence-corrected chi connectivity index (χ4v) is 8.03. The predicted octanol–water partition coefficient (Wildman–Crippen LogP) is 9.73. The summed E-state index contributed by atoms with van der Waals surface area (Å²) < 4.78 is 37.5. The molecule has 9 rings (SSSR count). The van der Waals surface area contributed by atoms with Gasteiger partial charge < -0.3 is 28.4 Å². The van der Waals surface area contributed by atoms with Gasteiger partial charge in [-0.05, 0) is 117 Å². The van der Waals surface area contributed by atoms with Crippen LogP contribution < -0.4 is 18.9 Å². The summed E-state index contributed by atoms with van der Waals surface area (Å²) in [6.45, 7) is 3.57. The van der Waals surface area contributed by atoms with Crippen LogP contribution in [0.15, 0.2) is 109 Å². The van der Waals surface area contributed by atoms with Crippen LogP contribution in [-0.4, -0.2) is 52.9 Å². The van der Waals surface area contributed by atoms with E-state index in [0.717, 1.165) is 81.4 Å². The second-order valence-electron chi connectivity index (χ2n) is 13.5. The third kappa shape index (κ3) is 6.49. The lowest BCUT2D eigenvalue weighted by Crippen LogP contribution is -2.13. The Bertz CT molecular complexity index is 2130. The molecule has 3 aliphatic rings. The van der Waals surface area contributed by atoms with Crippen LogP contribution in [0.25, 0.3) is 43.8 Å². The zero-order valence-corrected chi connectivity index (χ0v) is 29.3. The fraction of sp³-hybridized carbons (Fsp3) is 0.261. The van der Waals surface area contributed by atoms with Crippen molar-refractivity contribution in [2.24, 2.45) is 0 Å². The molecule has 0 saturated heterocycles. The summed E-state index contributed by atoms with van der Waals surface area (Å²) in [5.41, 5.74) is 10.3. The molecule has 6 aromatic rings. The highest BCUT2D eigenvalue weighted by atomic mass is 16.6. The van der Waals surface area contributed by atoms with Gasteiger partial charge in [0, 0.05) is 11.1 Å². The minimum Gasteiger partial charge on any atom is -0.491 e. The van der Waals surface area contributed by atoms with Gasteiger partial charge in [0.05, 0.1) is 26.4 Å². The summed E-state index contributed by atoms with van der Waals surface area (Å²) in [5, 5.41) is 4.47. The zero-order valence-electron chi connectivity index (χ0n) is 29.3. The number of fused-ring (bicyclic) bond motifs is 9. The van der Waals surface area contributed by atoms with Gasteiger partial charge in [0.15, 0.2) is 0 Å². The van der Waals surface area contributed by atoms with Crippen molar-refractivity contribution in [1.29, 1.82) is 0 Å². The van der Waals surface area contributed by atoms with Crippen molar-refractivity contribution >= 4 is 32.7 Å². The van der Waals surface area contributed by atoms with Crippen LogP contribution in [0.1, 0.15) is 35.1 Å². The van der Waals surface area contributed by atoms with Crippen molar-refractivity contribution in [2.75, 3.05) is 52.9 Å². The first-order valence-corrected chi connectivity index (χ1v) is 18.5. The third-order valence-electron chi connectivity index (χ3n) is 10.5. The van der Waals surface area contributed by atoms with Gasteiger partial charge in [0.1, 0.15) is 49.4 Å². The van der Waals surface area contributed by atoms with E-state index in [1.165, 1.54) is 33.4 Å². The molecular weight excluding hydrogens is 648 g/mol. The van der Waals surface area contributed by atoms with Gasteiger partial charge in [-0.3, -0.25) is 0 Å². The Kier molecular flexibility index (Phi) is 9.24. The summed E-state index contributed by atoms with van der Waals surface area (Å²) in [4.78, 5) is 0. The Hall–Kier alpha value is -5.30. The van der Waals surface area contributed by atoms with E-state index in [0.29, 0.717) is 52.9 Å². The van der Waals surface area contributed by atoms with Crippen molar-refractivity contribution in [3.05, 3.63) is 131 Å². The molecule has 0 atom stereocenters. The molecular formula is C46H42O6. The molecule has 1 heterocycles. The van der Waals surface area contributed by atoms with Crippen molar-refractivity contribution in [1.82, 2.24) is 0 Å². The Morgan fingerprint density at radius 3 is 1.29 bits per heavy atom. The summed E-state index contributed by atoms with van der Waals surface area (Å²) in [5.74, 6) is 3.33. The number of ether oxygens (including phenoxy) is 6. The average Bonchev–Trinajstić information content (AvgIpc) is 3.80. The maximum Gasteiger partial charge on any atom is 0.128 e. The minimum absolute atomic E-state index is 0.404. The van der Waals surface area contributed by atoms with Crippen molar-refractivity contribution in [2.45, 2.75) is 25.7 Å². The Morgan fingerprint density at radius 2 is 0.808 bits per heavy atom. The first-order valence-electron chi connectivity index (χ1n) is 18.5. The maximum atomic E-state index is 6.51. The molecule has 0 unspecified atom stereocenters. The quantitative estimate of drug-likeness (QED) is 0.158. The molecule has 0 fully saturated rings. The number of aryl methyl sites for hydroxylation is 2. The lowest BCUT2D eigenvalue weighted by atomic mass is 9.92. The molecule has 4 bridgehead atoms. The normalized spacial score (nSPS) is 18.1. The molecule has 2 aliphatic carbocycles. The molecule has 6 nitrogen and oxygen atoms in total. The molecule has 52 heavy (non-hydrogen) atoms. The SMILES string of the molecule is c1ccc2c3c(ccc2c1)OCCOCCOc1ccc2c(c1)/C(=C1/CCc4ccc(cc41)OCCOCCOc1ccc4ccccc4c1-3)CC2. The number of allylic oxidation sites excluding steroid dienone is 2. The number of benzene rings is 6. The van der Waals surface area contributed by atoms with Gasteiger partial charge in [0.25, 0.3) is 0 Å². The van der Waals surface area contributed by atoms with Gasteiger partial charge >= 0.3 is 0 Å². The Morgan fingerprint density at radius 1 is 0.365 bits per heavy atom. The van der Waals surface area contributed by atoms with Crippen molar-refractivity contribution in [3.63, 3.8) is 0 Å². The van der Waals surface area contributed by atoms with Crippen LogP contribution in [0.3, 0.4) is 0 Å². The summed E-state index contributed by atoms with van der Waals surface area (Å²) >= 11 is 0. The lowest BCUT2D eigenvalue weighted by Gasteiger charge is -2.20. The van der Waals surface area contributed by atoms with Gasteiger partial charge in [-0.1, -0.05) is 72.8 Å².